The molecule has 1 N–H and O–H groups in total. The van der Waals surface area contributed by atoms with Crippen LogP contribution < -0.4 is 4.90 Å². The number of phenols is 1. The number of imide groups is 1. The van der Waals surface area contributed by atoms with Crippen LogP contribution in [-0.2, 0) is 9.59 Å². The summed E-state index contributed by atoms with van der Waals surface area (Å²) in [7, 11) is 0. The standard InChI is InChI=1S/C15H13Br2NO3/c16-12-8-5-9(13(12)17)11-10(8)14(20)18(15(11)21)6-2-1-3-7(19)4-6/h1-4,8-13,19H,5H2/t8-,9+,10-,11+,12?,13?. The lowest BCUT2D eigenvalue weighted by Crippen LogP contribution is -2.37. The lowest BCUT2D eigenvalue weighted by Gasteiger charge is -2.28. The Morgan fingerprint density at radius 2 is 1.62 bits per heavy atom. The number of halogens is 2. The summed E-state index contributed by atoms with van der Waals surface area (Å²) in [5, 5.41) is 9.59. The first-order chi connectivity index (χ1) is 10.0. The summed E-state index contributed by atoms with van der Waals surface area (Å²) < 4.78 is 0. The van der Waals surface area contributed by atoms with Crippen molar-refractivity contribution in [2.45, 2.75) is 16.1 Å². The largest absolute Gasteiger partial charge is 0.508 e. The molecular formula is C15H13Br2NO3. The maximum absolute atomic E-state index is 12.7. The van der Waals surface area contributed by atoms with Crippen molar-refractivity contribution in [2.24, 2.45) is 23.7 Å². The number of phenolic OH excluding ortho intramolecular Hbond substituents is 1. The van der Waals surface area contributed by atoms with E-state index in [1.165, 1.54) is 17.0 Å². The zero-order valence-corrected chi connectivity index (χ0v) is 14.1. The third kappa shape index (κ3) is 1.72. The maximum atomic E-state index is 12.7. The van der Waals surface area contributed by atoms with Crippen LogP contribution in [0.2, 0.25) is 0 Å². The van der Waals surface area contributed by atoms with Crippen molar-refractivity contribution in [3.63, 3.8) is 0 Å². The van der Waals surface area contributed by atoms with Crippen LogP contribution in [0.15, 0.2) is 24.3 Å². The molecule has 1 aromatic carbocycles. The van der Waals surface area contributed by atoms with Crippen LogP contribution in [-0.4, -0.2) is 26.6 Å². The molecule has 3 fully saturated rings. The van der Waals surface area contributed by atoms with Gasteiger partial charge in [0.25, 0.3) is 0 Å². The average molecular weight is 415 g/mol. The fourth-order valence-electron chi connectivity index (χ4n) is 4.24. The minimum Gasteiger partial charge on any atom is -0.508 e. The molecule has 2 saturated carbocycles. The molecule has 4 rings (SSSR count). The zero-order chi connectivity index (χ0) is 14.9. The van der Waals surface area contributed by atoms with E-state index in [-0.39, 0.29) is 50.9 Å². The Bertz CT molecular complexity index is 618. The van der Waals surface area contributed by atoms with E-state index in [9.17, 15) is 14.7 Å². The fraction of sp³-hybridized carbons (Fsp3) is 0.467. The predicted molar refractivity (Wildman–Crippen MR) is 84.6 cm³/mol. The summed E-state index contributed by atoms with van der Waals surface area (Å²) in [6, 6.07) is 6.34. The molecule has 6 atom stereocenters. The number of aromatic hydroxyl groups is 1. The fourth-order valence-corrected chi connectivity index (χ4v) is 6.11. The summed E-state index contributed by atoms with van der Waals surface area (Å²) in [6.45, 7) is 0. The number of benzene rings is 1. The Morgan fingerprint density at radius 1 is 1.05 bits per heavy atom. The number of anilines is 1. The van der Waals surface area contributed by atoms with E-state index in [0.717, 1.165) is 6.42 Å². The summed E-state index contributed by atoms with van der Waals surface area (Å²) in [5.41, 5.74) is 0.469. The molecule has 1 heterocycles. The smallest absolute Gasteiger partial charge is 0.238 e. The van der Waals surface area contributed by atoms with Crippen LogP contribution in [0.3, 0.4) is 0 Å². The number of nitrogens with zero attached hydrogens (tertiary/aromatic N) is 1. The van der Waals surface area contributed by atoms with Crippen LogP contribution >= 0.6 is 31.9 Å². The van der Waals surface area contributed by atoms with Crippen LogP contribution in [0.4, 0.5) is 5.69 Å². The molecular weight excluding hydrogens is 402 g/mol. The molecule has 0 radical (unpaired) electrons. The second-order valence-electron chi connectivity index (χ2n) is 6.04. The Kier molecular flexibility index (Phi) is 2.99. The zero-order valence-electron chi connectivity index (χ0n) is 10.9. The number of amides is 2. The molecule has 1 saturated heterocycles. The maximum Gasteiger partial charge on any atom is 0.238 e. The molecule has 0 spiro atoms. The van der Waals surface area contributed by atoms with Gasteiger partial charge in [-0.15, -0.1) is 0 Å². The van der Waals surface area contributed by atoms with E-state index in [2.05, 4.69) is 31.9 Å². The van der Waals surface area contributed by atoms with Gasteiger partial charge >= 0.3 is 0 Å². The summed E-state index contributed by atoms with van der Waals surface area (Å²) in [4.78, 5) is 27.2. The van der Waals surface area contributed by atoms with E-state index in [1.54, 1.807) is 12.1 Å². The number of carbonyl (C=O) groups excluding carboxylic acids is 2. The van der Waals surface area contributed by atoms with E-state index < -0.39 is 0 Å². The Labute approximate surface area is 138 Å². The summed E-state index contributed by atoms with van der Waals surface area (Å²) in [6.07, 6.45) is 0.923. The van der Waals surface area contributed by atoms with E-state index in [0.29, 0.717) is 5.69 Å². The molecule has 110 valence electrons. The van der Waals surface area contributed by atoms with Gasteiger partial charge < -0.3 is 5.11 Å². The van der Waals surface area contributed by atoms with E-state index in [1.807, 2.05) is 0 Å². The van der Waals surface area contributed by atoms with Crippen LogP contribution in [0.1, 0.15) is 6.42 Å². The molecule has 1 aromatic rings. The second-order valence-corrected chi connectivity index (χ2v) is 8.15. The van der Waals surface area contributed by atoms with Gasteiger partial charge in [-0.25, -0.2) is 4.90 Å². The molecule has 1 aliphatic heterocycles. The Hall–Kier alpha value is -0.880. The molecule has 2 unspecified atom stereocenters. The molecule has 4 nitrogen and oxygen atoms in total. The second kappa shape index (κ2) is 4.56. The molecule has 21 heavy (non-hydrogen) atoms. The monoisotopic (exact) mass is 413 g/mol. The first-order valence-electron chi connectivity index (χ1n) is 6.95. The summed E-state index contributed by atoms with van der Waals surface area (Å²) >= 11 is 7.33. The van der Waals surface area contributed by atoms with Crippen molar-refractivity contribution >= 4 is 49.4 Å². The number of fused-ring (bicyclic) bond motifs is 5. The van der Waals surface area contributed by atoms with Crippen molar-refractivity contribution < 1.29 is 14.7 Å². The molecule has 0 aromatic heterocycles. The molecule has 2 amide bonds. The van der Waals surface area contributed by atoms with Crippen molar-refractivity contribution in [2.75, 3.05) is 4.90 Å². The molecule has 2 aliphatic carbocycles. The van der Waals surface area contributed by atoms with Gasteiger partial charge in [0.05, 0.1) is 17.5 Å². The quantitative estimate of drug-likeness (QED) is 0.567. The van der Waals surface area contributed by atoms with Gasteiger partial charge in [-0.05, 0) is 30.4 Å². The predicted octanol–water partition coefficient (Wildman–Crippen LogP) is 2.67. The van der Waals surface area contributed by atoms with Gasteiger partial charge in [0.1, 0.15) is 5.75 Å². The molecule has 2 bridgehead atoms. The Morgan fingerprint density at radius 3 is 2.14 bits per heavy atom. The van der Waals surface area contributed by atoms with Crippen LogP contribution in [0, 0.1) is 23.7 Å². The number of hydrogen-bond donors (Lipinski definition) is 1. The van der Waals surface area contributed by atoms with Gasteiger partial charge in [-0.1, -0.05) is 37.9 Å². The highest BCUT2D eigenvalue weighted by Crippen LogP contribution is 2.60. The van der Waals surface area contributed by atoms with Gasteiger partial charge in [0.2, 0.25) is 11.8 Å². The van der Waals surface area contributed by atoms with Gasteiger partial charge in [0, 0.05) is 15.7 Å². The highest BCUT2D eigenvalue weighted by Gasteiger charge is 2.66. The lowest BCUT2D eigenvalue weighted by atomic mass is 9.81. The Balaban J connectivity index is 1.75. The van der Waals surface area contributed by atoms with Crippen molar-refractivity contribution in [3.8, 4) is 5.75 Å². The first-order valence-corrected chi connectivity index (χ1v) is 8.79. The van der Waals surface area contributed by atoms with Crippen molar-refractivity contribution in [1.82, 2.24) is 0 Å². The number of hydrogen-bond acceptors (Lipinski definition) is 3. The molecule has 3 aliphatic rings. The molecule has 6 heteroatoms. The average Bonchev–Trinajstić information content (AvgIpc) is 3.04. The number of rotatable bonds is 1. The number of carbonyl (C=O) groups is 2. The van der Waals surface area contributed by atoms with Crippen molar-refractivity contribution in [1.29, 1.82) is 0 Å². The highest BCUT2D eigenvalue weighted by molar-refractivity contribution is 9.12. The van der Waals surface area contributed by atoms with E-state index >= 15 is 0 Å². The third-order valence-electron chi connectivity index (χ3n) is 5.08. The van der Waals surface area contributed by atoms with Crippen LogP contribution in [0.25, 0.3) is 0 Å². The van der Waals surface area contributed by atoms with Gasteiger partial charge in [-0.3, -0.25) is 9.59 Å². The SMILES string of the molecule is O=C1[C@@H]2[C@H](C(=O)N1c1cccc(O)c1)[C@H]1C[C@@H]2C(Br)C1Br. The summed E-state index contributed by atoms with van der Waals surface area (Å²) in [5.74, 6) is -0.193. The minimum absolute atomic E-state index is 0.0601. The topological polar surface area (TPSA) is 57.6 Å². The van der Waals surface area contributed by atoms with E-state index in [4.69, 9.17) is 0 Å². The van der Waals surface area contributed by atoms with Gasteiger partial charge in [0.15, 0.2) is 0 Å². The third-order valence-corrected chi connectivity index (χ3v) is 8.28. The first kappa shape index (κ1) is 13.8. The minimum atomic E-state index is -0.219. The normalized spacial score (nSPS) is 41.0. The number of alkyl halides is 2. The van der Waals surface area contributed by atoms with Gasteiger partial charge in [-0.2, -0.15) is 0 Å². The van der Waals surface area contributed by atoms with Crippen molar-refractivity contribution in [3.05, 3.63) is 24.3 Å². The highest BCUT2D eigenvalue weighted by atomic mass is 79.9. The van der Waals surface area contributed by atoms with Crippen LogP contribution in [0.5, 0.6) is 5.75 Å². The lowest BCUT2D eigenvalue weighted by molar-refractivity contribution is -0.123.